The number of nitrogens with zero attached hydrogens (tertiary/aromatic N) is 2. The van der Waals surface area contributed by atoms with E-state index in [9.17, 15) is 9.59 Å². The molecular formula is C17H14ClN3O2. The summed E-state index contributed by atoms with van der Waals surface area (Å²) < 4.78 is 1.32. The van der Waals surface area contributed by atoms with Gasteiger partial charge in [0.2, 0.25) is 5.91 Å². The number of fused-ring (bicyclic) bond motifs is 1. The molecule has 0 spiro atoms. The molecule has 3 rings (SSSR count). The van der Waals surface area contributed by atoms with Crippen LogP contribution in [-0.2, 0) is 4.79 Å². The molecule has 1 amide bonds. The fourth-order valence-electron chi connectivity index (χ4n) is 2.30. The lowest BCUT2D eigenvalue weighted by atomic mass is 10.2. The van der Waals surface area contributed by atoms with Gasteiger partial charge in [0.1, 0.15) is 6.04 Å². The van der Waals surface area contributed by atoms with Crippen molar-refractivity contribution in [2.45, 2.75) is 13.0 Å². The topological polar surface area (TPSA) is 64.0 Å². The SMILES string of the molecule is CC(C(=O)Nc1cccc(Cl)c1)n1cnc2ccccc2c1=O. The minimum atomic E-state index is -0.696. The molecule has 1 N–H and O–H groups in total. The standard InChI is InChI=1S/C17H14ClN3O2/c1-11(16(22)20-13-6-4-5-12(18)9-13)21-10-19-15-8-3-2-7-14(15)17(21)23/h2-11H,1H3,(H,20,22). The molecule has 0 radical (unpaired) electrons. The first kappa shape index (κ1) is 15.2. The molecule has 0 aliphatic carbocycles. The van der Waals surface area contributed by atoms with Gasteiger partial charge >= 0.3 is 0 Å². The third-order valence-electron chi connectivity index (χ3n) is 3.58. The molecule has 3 aromatic rings. The summed E-state index contributed by atoms with van der Waals surface area (Å²) in [5.41, 5.74) is 0.941. The predicted octanol–water partition coefficient (Wildman–Crippen LogP) is 3.25. The summed E-state index contributed by atoms with van der Waals surface area (Å²) in [6.07, 6.45) is 1.40. The molecular weight excluding hydrogens is 314 g/mol. The van der Waals surface area contributed by atoms with Crippen LogP contribution in [0.2, 0.25) is 5.02 Å². The third kappa shape index (κ3) is 3.10. The molecule has 1 heterocycles. The second-order valence-electron chi connectivity index (χ2n) is 5.15. The maximum Gasteiger partial charge on any atom is 0.261 e. The number of carbonyl (C=O) groups excluding carboxylic acids is 1. The summed E-state index contributed by atoms with van der Waals surface area (Å²) in [5.74, 6) is -0.313. The molecule has 0 saturated carbocycles. The Morgan fingerprint density at radius 3 is 2.78 bits per heavy atom. The Morgan fingerprint density at radius 1 is 1.22 bits per heavy atom. The molecule has 1 atom stereocenters. The quantitative estimate of drug-likeness (QED) is 0.803. The average molecular weight is 328 g/mol. The van der Waals surface area contributed by atoms with Crippen LogP contribution in [0.4, 0.5) is 5.69 Å². The van der Waals surface area contributed by atoms with Crippen molar-refractivity contribution in [3.05, 3.63) is 70.2 Å². The number of aromatic nitrogens is 2. The van der Waals surface area contributed by atoms with Crippen LogP contribution in [0.5, 0.6) is 0 Å². The van der Waals surface area contributed by atoms with E-state index in [1.807, 2.05) is 6.07 Å². The van der Waals surface area contributed by atoms with E-state index in [0.29, 0.717) is 21.6 Å². The molecule has 0 fully saturated rings. The van der Waals surface area contributed by atoms with Gasteiger partial charge < -0.3 is 5.32 Å². The number of benzene rings is 2. The van der Waals surface area contributed by atoms with E-state index >= 15 is 0 Å². The number of para-hydroxylation sites is 1. The monoisotopic (exact) mass is 327 g/mol. The van der Waals surface area contributed by atoms with E-state index in [1.54, 1.807) is 49.4 Å². The predicted molar refractivity (Wildman–Crippen MR) is 90.8 cm³/mol. The Bertz CT molecular complexity index is 936. The Hall–Kier alpha value is -2.66. The van der Waals surface area contributed by atoms with Gasteiger partial charge in [0, 0.05) is 10.7 Å². The molecule has 23 heavy (non-hydrogen) atoms. The molecule has 0 aliphatic rings. The summed E-state index contributed by atoms with van der Waals surface area (Å²) in [4.78, 5) is 29.1. The van der Waals surface area contributed by atoms with E-state index in [1.165, 1.54) is 10.9 Å². The zero-order chi connectivity index (χ0) is 16.4. The maximum atomic E-state index is 12.5. The van der Waals surface area contributed by atoms with Crippen LogP contribution in [0.25, 0.3) is 10.9 Å². The molecule has 0 aliphatic heterocycles. The molecule has 1 unspecified atom stereocenters. The second-order valence-corrected chi connectivity index (χ2v) is 5.59. The number of halogens is 1. The van der Waals surface area contributed by atoms with E-state index in [4.69, 9.17) is 11.6 Å². The number of carbonyl (C=O) groups is 1. The Morgan fingerprint density at radius 2 is 2.00 bits per heavy atom. The summed E-state index contributed by atoms with van der Waals surface area (Å²) in [6.45, 7) is 1.65. The number of rotatable bonds is 3. The number of hydrogen-bond donors (Lipinski definition) is 1. The van der Waals surface area contributed by atoms with Crippen LogP contribution in [0, 0.1) is 0 Å². The highest BCUT2D eigenvalue weighted by Gasteiger charge is 2.17. The first-order valence-electron chi connectivity index (χ1n) is 7.08. The average Bonchev–Trinajstić information content (AvgIpc) is 2.55. The molecule has 0 saturated heterocycles. The zero-order valence-electron chi connectivity index (χ0n) is 12.4. The molecule has 6 heteroatoms. The lowest BCUT2D eigenvalue weighted by Crippen LogP contribution is -2.31. The maximum absolute atomic E-state index is 12.5. The molecule has 2 aromatic carbocycles. The summed E-state index contributed by atoms with van der Waals surface area (Å²) in [6, 6.07) is 13.2. The lowest BCUT2D eigenvalue weighted by Gasteiger charge is -2.15. The normalized spacial score (nSPS) is 12.1. The highest BCUT2D eigenvalue weighted by Crippen LogP contribution is 2.16. The lowest BCUT2D eigenvalue weighted by molar-refractivity contribution is -0.118. The van der Waals surface area contributed by atoms with Gasteiger partial charge in [-0.2, -0.15) is 0 Å². The Labute approximate surface area is 137 Å². The van der Waals surface area contributed by atoms with Crippen LogP contribution >= 0.6 is 11.6 Å². The van der Waals surface area contributed by atoms with Crippen LogP contribution in [0.3, 0.4) is 0 Å². The van der Waals surface area contributed by atoms with Crippen LogP contribution in [0.1, 0.15) is 13.0 Å². The van der Waals surface area contributed by atoms with Crippen LogP contribution in [0.15, 0.2) is 59.7 Å². The third-order valence-corrected chi connectivity index (χ3v) is 3.81. The summed E-state index contributed by atoms with van der Waals surface area (Å²) in [7, 11) is 0. The minimum absolute atomic E-state index is 0.246. The van der Waals surface area contributed by atoms with Crippen molar-refractivity contribution < 1.29 is 4.79 Å². The highest BCUT2D eigenvalue weighted by atomic mass is 35.5. The minimum Gasteiger partial charge on any atom is -0.324 e. The van der Waals surface area contributed by atoms with Crippen LogP contribution < -0.4 is 10.9 Å². The van der Waals surface area contributed by atoms with Crippen molar-refractivity contribution in [2.24, 2.45) is 0 Å². The van der Waals surface area contributed by atoms with Gasteiger partial charge in [-0.3, -0.25) is 14.2 Å². The summed E-state index contributed by atoms with van der Waals surface area (Å²) >= 11 is 5.90. The Balaban J connectivity index is 1.90. The van der Waals surface area contributed by atoms with E-state index in [2.05, 4.69) is 10.3 Å². The van der Waals surface area contributed by atoms with Gasteiger partial charge in [-0.25, -0.2) is 4.98 Å². The number of nitrogens with one attached hydrogen (secondary N) is 1. The van der Waals surface area contributed by atoms with Crippen molar-refractivity contribution in [1.29, 1.82) is 0 Å². The smallest absolute Gasteiger partial charge is 0.261 e. The fraction of sp³-hybridized carbons (Fsp3) is 0.118. The van der Waals surface area contributed by atoms with Gasteiger partial charge in [-0.15, -0.1) is 0 Å². The van der Waals surface area contributed by atoms with E-state index < -0.39 is 6.04 Å². The largest absolute Gasteiger partial charge is 0.324 e. The van der Waals surface area contributed by atoms with Crippen molar-refractivity contribution >= 4 is 34.1 Å². The number of hydrogen-bond acceptors (Lipinski definition) is 3. The van der Waals surface area contributed by atoms with Gasteiger partial charge in [-0.05, 0) is 37.3 Å². The fourth-order valence-corrected chi connectivity index (χ4v) is 2.49. The second kappa shape index (κ2) is 6.22. The van der Waals surface area contributed by atoms with Gasteiger partial charge in [0.25, 0.3) is 5.56 Å². The van der Waals surface area contributed by atoms with Crippen LogP contribution in [-0.4, -0.2) is 15.5 Å². The van der Waals surface area contributed by atoms with E-state index in [-0.39, 0.29) is 11.5 Å². The molecule has 116 valence electrons. The number of amides is 1. The molecule has 0 bridgehead atoms. The van der Waals surface area contributed by atoms with Crippen molar-refractivity contribution in [3.63, 3.8) is 0 Å². The van der Waals surface area contributed by atoms with Gasteiger partial charge in [0.15, 0.2) is 0 Å². The first-order chi connectivity index (χ1) is 11.1. The highest BCUT2D eigenvalue weighted by molar-refractivity contribution is 6.30. The summed E-state index contributed by atoms with van der Waals surface area (Å²) in [5, 5.41) is 3.76. The molecule has 5 nitrogen and oxygen atoms in total. The van der Waals surface area contributed by atoms with Gasteiger partial charge in [0.05, 0.1) is 17.2 Å². The zero-order valence-corrected chi connectivity index (χ0v) is 13.1. The van der Waals surface area contributed by atoms with Crippen molar-refractivity contribution in [2.75, 3.05) is 5.32 Å². The first-order valence-corrected chi connectivity index (χ1v) is 7.46. The van der Waals surface area contributed by atoms with E-state index in [0.717, 1.165) is 0 Å². The Kier molecular flexibility index (Phi) is 4.12. The van der Waals surface area contributed by atoms with Gasteiger partial charge in [-0.1, -0.05) is 29.8 Å². The number of anilines is 1. The van der Waals surface area contributed by atoms with Crippen molar-refractivity contribution in [3.8, 4) is 0 Å². The molecule has 1 aromatic heterocycles. The van der Waals surface area contributed by atoms with Crippen molar-refractivity contribution in [1.82, 2.24) is 9.55 Å².